The average molecular weight is 227 g/mol. The molecule has 0 amide bonds. The molecule has 1 rings (SSSR count). The monoisotopic (exact) mass is 227 g/mol. The standard InChI is InChI=1S/C11H14FNO3/c1-16-10-4-2-3-7(8(10)5-12)9(6-13)11(14)15/h2-4,9H,5-6,13H2,1H3,(H,14,15). The molecule has 0 saturated heterocycles. The van der Waals surface area contributed by atoms with Crippen LogP contribution in [0, 0.1) is 0 Å². The Kier molecular flexibility index (Phi) is 4.25. The summed E-state index contributed by atoms with van der Waals surface area (Å²) in [7, 11) is 1.41. The molecular weight excluding hydrogens is 213 g/mol. The highest BCUT2D eigenvalue weighted by Gasteiger charge is 2.22. The lowest BCUT2D eigenvalue weighted by Crippen LogP contribution is -2.22. The fraction of sp³-hybridized carbons (Fsp3) is 0.364. The summed E-state index contributed by atoms with van der Waals surface area (Å²) in [6.45, 7) is -0.849. The van der Waals surface area contributed by atoms with E-state index in [4.69, 9.17) is 15.6 Å². The van der Waals surface area contributed by atoms with Crippen LogP contribution in [0.4, 0.5) is 4.39 Å². The van der Waals surface area contributed by atoms with Gasteiger partial charge < -0.3 is 15.6 Å². The highest BCUT2D eigenvalue weighted by Crippen LogP contribution is 2.28. The van der Waals surface area contributed by atoms with Crippen molar-refractivity contribution in [1.82, 2.24) is 0 Å². The maximum atomic E-state index is 12.9. The van der Waals surface area contributed by atoms with Crippen molar-refractivity contribution in [2.75, 3.05) is 13.7 Å². The SMILES string of the molecule is COc1cccc(C(CN)C(=O)O)c1CF. The van der Waals surface area contributed by atoms with E-state index in [1.54, 1.807) is 18.2 Å². The Balaban J connectivity index is 3.25. The third-order valence-corrected chi connectivity index (χ3v) is 2.43. The summed E-state index contributed by atoms with van der Waals surface area (Å²) < 4.78 is 17.9. The van der Waals surface area contributed by atoms with Crippen LogP contribution in [0.2, 0.25) is 0 Å². The summed E-state index contributed by atoms with van der Waals surface area (Å²) in [6, 6.07) is 4.77. The summed E-state index contributed by atoms with van der Waals surface area (Å²) in [4.78, 5) is 11.0. The molecule has 5 heteroatoms. The predicted octanol–water partition coefficient (Wildman–Crippen LogP) is 1.29. The molecule has 0 radical (unpaired) electrons. The quantitative estimate of drug-likeness (QED) is 0.795. The first-order valence-electron chi connectivity index (χ1n) is 4.80. The Bertz CT molecular complexity index is 381. The molecule has 1 aromatic carbocycles. The molecule has 0 saturated carbocycles. The number of hydrogen-bond acceptors (Lipinski definition) is 3. The van der Waals surface area contributed by atoms with Crippen molar-refractivity contribution in [3.05, 3.63) is 29.3 Å². The van der Waals surface area contributed by atoms with E-state index < -0.39 is 18.6 Å². The highest BCUT2D eigenvalue weighted by molar-refractivity contribution is 5.77. The summed E-state index contributed by atoms with van der Waals surface area (Å²) in [5, 5.41) is 8.97. The minimum atomic E-state index is -1.06. The normalized spacial score (nSPS) is 12.2. The lowest BCUT2D eigenvalue weighted by Gasteiger charge is -2.16. The molecular formula is C11H14FNO3. The summed E-state index contributed by atoms with van der Waals surface area (Å²) in [5.41, 5.74) is 6.00. The summed E-state index contributed by atoms with van der Waals surface area (Å²) in [6.07, 6.45) is 0. The fourth-order valence-electron chi connectivity index (χ4n) is 1.60. The number of benzene rings is 1. The van der Waals surface area contributed by atoms with Crippen molar-refractivity contribution in [2.24, 2.45) is 5.73 Å². The number of hydrogen-bond donors (Lipinski definition) is 2. The van der Waals surface area contributed by atoms with E-state index in [1.165, 1.54) is 7.11 Å². The molecule has 4 nitrogen and oxygen atoms in total. The molecule has 16 heavy (non-hydrogen) atoms. The summed E-state index contributed by atoms with van der Waals surface area (Å²) >= 11 is 0. The molecule has 88 valence electrons. The van der Waals surface area contributed by atoms with Gasteiger partial charge in [-0.1, -0.05) is 12.1 Å². The minimum Gasteiger partial charge on any atom is -0.496 e. The van der Waals surface area contributed by atoms with Gasteiger partial charge in [0.2, 0.25) is 0 Å². The van der Waals surface area contributed by atoms with E-state index in [0.29, 0.717) is 11.3 Å². The second-order valence-electron chi connectivity index (χ2n) is 3.29. The van der Waals surface area contributed by atoms with Gasteiger partial charge in [-0.15, -0.1) is 0 Å². The topological polar surface area (TPSA) is 72.5 Å². The van der Waals surface area contributed by atoms with Gasteiger partial charge in [-0.25, -0.2) is 4.39 Å². The van der Waals surface area contributed by atoms with Gasteiger partial charge in [-0.05, 0) is 11.6 Å². The number of ether oxygens (including phenoxy) is 1. The van der Waals surface area contributed by atoms with E-state index in [9.17, 15) is 9.18 Å². The number of carboxylic acids is 1. The number of methoxy groups -OCH3 is 1. The molecule has 1 unspecified atom stereocenters. The molecule has 0 aliphatic heterocycles. The number of halogens is 1. The zero-order valence-corrected chi connectivity index (χ0v) is 8.94. The van der Waals surface area contributed by atoms with Crippen LogP contribution in [-0.2, 0) is 11.5 Å². The first-order valence-corrected chi connectivity index (χ1v) is 4.80. The molecule has 0 aliphatic carbocycles. The molecule has 0 aliphatic rings. The molecule has 0 aromatic heterocycles. The van der Waals surface area contributed by atoms with Crippen LogP contribution >= 0.6 is 0 Å². The van der Waals surface area contributed by atoms with Gasteiger partial charge >= 0.3 is 5.97 Å². The molecule has 0 spiro atoms. The van der Waals surface area contributed by atoms with Crippen LogP contribution < -0.4 is 10.5 Å². The third kappa shape index (κ3) is 2.30. The Morgan fingerprint density at radius 2 is 2.31 bits per heavy atom. The van der Waals surface area contributed by atoms with Gasteiger partial charge in [0.05, 0.1) is 13.0 Å². The average Bonchev–Trinajstić information content (AvgIpc) is 2.29. The Morgan fingerprint density at radius 3 is 2.75 bits per heavy atom. The zero-order chi connectivity index (χ0) is 12.1. The minimum absolute atomic E-state index is 0.0739. The molecule has 0 bridgehead atoms. The fourth-order valence-corrected chi connectivity index (χ4v) is 1.60. The van der Waals surface area contributed by atoms with Crippen LogP contribution in [0.1, 0.15) is 17.0 Å². The van der Waals surface area contributed by atoms with Gasteiger partial charge in [0.25, 0.3) is 0 Å². The second-order valence-corrected chi connectivity index (χ2v) is 3.29. The van der Waals surface area contributed by atoms with Gasteiger partial charge in [-0.2, -0.15) is 0 Å². The van der Waals surface area contributed by atoms with Gasteiger partial charge in [0.15, 0.2) is 0 Å². The first kappa shape index (κ1) is 12.4. The molecule has 1 atom stereocenters. The van der Waals surface area contributed by atoms with E-state index in [1.807, 2.05) is 0 Å². The lowest BCUT2D eigenvalue weighted by molar-refractivity contribution is -0.138. The predicted molar refractivity (Wildman–Crippen MR) is 57.2 cm³/mol. The number of nitrogens with two attached hydrogens (primary N) is 1. The van der Waals surface area contributed by atoms with Crippen molar-refractivity contribution in [1.29, 1.82) is 0 Å². The zero-order valence-electron chi connectivity index (χ0n) is 8.94. The first-order chi connectivity index (χ1) is 7.65. The van der Waals surface area contributed by atoms with Crippen molar-refractivity contribution >= 4 is 5.97 Å². The Hall–Kier alpha value is -1.62. The van der Waals surface area contributed by atoms with Crippen molar-refractivity contribution in [3.8, 4) is 5.75 Å². The highest BCUT2D eigenvalue weighted by atomic mass is 19.1. The van der Waals surface area contributed by atoms with Crippen molar-refractivity contribution in [3.63, 3.8) is 0 Å². The second kappa shape index (κ2) is 5.46. The number of rotatable bonds is 5. The van der Waals surface area contributed by atoms with E-state index in [2.05, 4.69) is 0 Å². The van der Waals surface area contributed by atoms with E-state index >= 15 is 0 Å². The van der Waals surface area contributed by atoms with Crippen molar-refractivity contribution in [2.45, 2.75) is 12.6 Å². The third-order valence-electron chi connectivity index (χ3n) is 2.43. The maximum Gasteiger partial charge on any atom is 0.312 e. The van der Waals surface area contributed by atoms with Crippen LogP contribution in [0.5, 0.6) is 5.75 Å². The molecule has 0 heterocycles. The van der Waals surface area contributed by atoms with Gasteiger partial charge in [-0.3, -0.25) is 4.79 Å². The number of alkyl halides is 1. The smallest absolute Gasteiger partial charge is 0.312 e. The molecule has 3 N–H and O–H groups in total. The van der Waals surface area contributed by atoms with Gasteiger partial charge in [0.1, 0.15) is 12.4 Å². The number of aliphatic carboxylic acids is 1. The number of carbonyl (C=O) groups is 1. The largest absolute Gasteiger partial charge is 0.496 e. The van der Waals surface area contributed by atoms with Crippen LogP contribution in [-0.4, -0.2) is 24.7 Å². The summed E-state index contributed by atoms with van der Waals surface area (Å²) in [5.74, 6) is -1.62. The molecule has 0 fully saturated rings. The number of carboxylic acid groups (broad SMARTS) is 1. The van der Waals surface area contributed by atoms with Crippen LogP contribution in [0.25, 0.3) is 0 Å². The Labute approximate surface area is 92.8 Å². The van der Waals surface area contributed by atoms with Crippen LogP contribution in [0.15, 0.2) is 18.2 Å². The molecule has 1 aromatic rings. The van der Waals surface area contributed by atoms with Crippen molar-refractivity contribution < 1.29 is 19.0 Å². The van der Waals surface area contributed by atoms with E-state index in [-0.39, 0.29) is 12.1 Å². The van der Waals surface area contributed by atoms with Crippen LogP contribution in [0.3, 0.4) is 0 Å². The van der Waals surface area contributed by atoms with Gasteiger partial charge in [0, 0.05) is 12.1 Å². The maximum absolute atomic E-state index is 12.9. The Morgan fingerprint density at radius 1 is 1.62 bits per heavy atom. The lowest BCUT2D eigenvalue weighted by atomic mass is 9.94. The van der Waals surface area contributed by atoms with E-state index in [0.717, 1.165) is 0 Å².